The molecule has 104 valence electrons. The molecule has 0 saturated heterocycles. The molecule has 2 heterocycles. The molecule has 0 saturated carbocycles. The van der Waals surface area contributed by atoms with Crippen LogP contribution in [0.3, 0.4) is 0 Å². The van der Waals surface area contributed by atoms with Crippen molar-refractivity contribution in [3.63, 3.8) is 0 Å². The minimum atomic E-state index is -0.124. The highest BCUT2D eigenvalue weighted by Gasteiger charge is 2.17. The molecule has 3 rings (SSSR count). The Hall–Kier alpha value is -2.57. The predicted molar refractivity (Wildman–Crippen MR) is 75.6 cm³/mol. The molecule has 1 aliphatic rings. The van der Waals surface area contributed by atoms with Crippen LogP contribution in [0.2, 0.25) is 0 Å². The highest BCUT2D eigenvalue weighted by atomic mass is 16.1. The molecule has 0 radical (unpaired) electrons. The van der Waals surface area contributed by atoms with Gasteiger partial charge < -0.3 is 20.5 Å². The molecule has 1 aromatic heterocycles. The Kier molecular flexibility index (Phi) is 3.24. The first-order valence-corrected chi connectivity index (χ1v) is 6.47. The molecule has 7 nitrogen and oxygen atoms in total. The van der Waals surface area contributed by atoms with Crippen LogP contribution < -0.4 is 16.0 Å². The maximum absolute atomic E-state index is 12.3. The van der Waals surface area contributed by atoms with E-state index in [1.54, 1.807) is 10.9 Å². The van der Waals surface area contributed by atoms with Gasteiger partial charge in [0.05, 0.1) is 23.5 Å². The van der Waals surface area contributed by atoms with Gasteiger partial charge in [0.2, 0.25) is 0 Å². The number of para-hydroxylation sites is 1. The van der Waals surface area contributed by atoms with Gasteiger partial charge in [-0.2, -0.15) is 0 Å². The van der Waals surface area contributed by atoms with E-state index in [1.807, 2.05) is 25.2 Å². The van der Waals surface area contributed by atoms with Crippen molar-refractivity contribution < 1.29 is 4.79 Å². The lowest BCUT2D eigenvalue weighted by molar-refractivity contribution is 0.0950. The molecule has 0 unspecified atom stereocenters. The largest absolute Gasteiger partial charge is 0.382 e. The summed E-state index contributed by atoms with van der Waals surface area (Å²) >= 11 is 0. The van der Waals surface area contributed by atoms with Crippen LogP contribution >= 0.6 is 0 Å². The van der Waals surface area contributed by atoms with Gasteiger partial charge in [0, 0.05) is 20.1 Å². The van der Waals surface area contributed by atoms with E-state index in [0.717, 1.165) is 24.5 Å². The first-order valence-electron chi connectivity index (χ1n) is 6.47. The molecule has 1 aromatic carbocycles. The average Bonchev–Trinajstić information content (AvgIpc) is 2.89. The number of aryl methyl sites for hydroxylation is 1. The minimum absolute atomic E-state index is 0.124. The zero-order valence-corrected chi connectivity index (χ0v) is 11.2. The monoisotopic (exact) mass is 272 g/mol. The smallest absolute Gasteiger partial charge is 0.253 e. The van der Waals surface area contributed by atoms with Crippen molar-refractivity contribution in [2.45, 2.75) is 6.54 Å². The fourth-order valence-corrected chi connectivity index (χ4v) is 2.19. The molecule has 3 N–H and O–H groups in total. The van der Waals surface area contributed by atoms with E-state index in [0.29, 0.717) is 17.9 Å². The molecule has 20 heavy (non-hydrogen) atoms. The molecule has 1 amide bonds. The second-order valence-corrected chi connectivity index (χ2v) is 4.62. The highest BCUT2D eigenvalue weighted by Crippen LogP contribution is 2.28. The van der Waals surface area contributed by atoms with Crippen LogP contribution in [0.1, 0.15) is 16.2 Å². The van der Waals surface area contributed by atoms with Gasteiger partial charge >= 0.3 is 0 Å². The second kappa shape index (κ2) is 5.20. The molecule has 0 spiro atoms. The van der Waals surface area contributed by atoms with Crippen LogP contribution in [-0.2, 0) is 13.6 Å². The van der Waals surface area contributed by atoms with Gasteiger partial charge in [-0.15, -0.1) is 10.2 Å². The van der Waals surface area contributed by atoms with Crippen molar-refractivity contribution in [2.24, 2.45) is 7.05 Å². The molecule has 2 aromatic rings. The topological polar surface area (TPSA) is 83.9 Å². The maximum Gasteiger partial charge on any atom is 0.253 e. The van der Waals surface area contributed by atoms with Crippen molar-refractivity contribution in [3.8, 4) is 0 Å². The zero-order valence-electron chi connectivity index (χ0n) is 11.2. The normalized spacial score (nSPS) is 13.1. The first-order chi connectivity index (χ1) is 9.75. The summed E-state index contributed by atoms with van der Waals surface area (Å²) < 4.78 is 1.78. The van der Waals surface area contributed by atoms with Crippen LogP contribution in [0, 0.1) is 0 Å². The van der Waals surface area contributed by atoms with Crippen LogP contribution in [0.4, 0.5) is 11.4 Å². The van der Waals surface area contributed by atoms with E-state index in [2.05, 4.69) is 26.1 Å². The summed E-state index contributed by atoms with van der Waals surface area (Å²) in [5.74, 6) is 0.593. The Bertz CT molecular complexity index is 636. The summed E-state index contributed by atoms with van der Waals surface area (Å²) in [7, 11) is 1.84. The van der Waals surface area contributed by atoms with Crippen molar-refractivity contribution in [2.75, 3.05) is 23.7 Å². The summed E-state index contributed by atoms with van der Waals surface area (Å²) in [5.41, 5.74) is 2.45. The Morgan fingerprint density at radius 2 is 2.25 bits per heavy atom. The number of rotatable bonds is 3. The molecular weight excluding hydrogens is 256 g/mol. The summed E-state index contributed by atoms with van der Waals surface area (Å²) in [5, 5.41) is 17.1. The Labute approximate surface area is 116 Å². The molecule has 1 aliphatic heterocycles. The van der Waals surface area contributed by atoms with Crippen LogP contribution in [0.5, 0.6) is 0 Å². The Morgan fingerprint density at radius 3 is 3.05 bits per heavy atom. The quantitative estimate of drug-likeness (QED) is 0.761. The van der Waals surface area contributed by atoms with Crippen LogP contribution in [-0.4, -0.2) is 33.8 Å². The van der Waals surface area contributed by atoms with Crippen molar-refractivity contribution >= 4 is 17.3 Å². The standard InChI is InChI=1S/C13H16N6O/c1-19-8-17-18-11(19)7-16-13(20)9-3-2-4-10-12(9)15-6-5-14-10/h2-4,8,14-15H,5-7H2,1H3,(H,16,20). The maximum atomic E-state index is 12.3. The zero-order chi connectivity index (χ0) is 13.9. The third-order valence-corrected chi connectivity index (χ3v) is 3.26. The number of aromatic nitrogens is 3. The highest BCUT2D eigenvalue weighted by molar-refractivity contribution is 6.02. The summed E-state index contributed by atoms with van der Waals surface area (Å²) in [6.45, 7) is 2.02. The molecule has 0 atom stereocenters. The number of benzene rings is 1. The van der Waals surface area contributed by atoms with Gasteiger partial charge in [0.15, 0.2) is 5.82 Å². The van der Waals surface area contributed by atoms with E-state index in [4.69, 9.17) is 0 Å². The third kappa shape index (κ3) is 2.29. The molecule has 0 aliphatic carbocycles. The number of hydrogen-bond donors (Lipinski definition) is 3. The van der Waals surface area contributed by atoms with Gasteiger partial charge in [-0.1, -0.05) is 6.07 Å². The molecule has 0 bridgehead atoms. The summed E-state index contributed by atoms with van der Waals surface area (Å²) in [6, 6.07) is 5.64. The fraction of sp³-hybridized carbons (Fsp3) is 0.308. The lowest BCUT2D eigenvalue weighted by atomic mass is 10.1. The number of nitrogens with zero attached hydrogens (tertiary/aromatic N) is 3. The summed E-state index contributed by atoms with van der Waals surface area (Å²) in [6.07, 6.45) is 1.61. The van der Waals surface area contributed by atoms with Gasteiger partial charge in [-0.25, -0.2) is 0 Å². The lowest BCUT2D eigenvalue weighted by Crippen LogP contribution is -2.28. The van der Waals surface area contributed by atoms with Gasteiger partial charge in [-0.3, -0.25) is 4.79 Å². The van der Waals surface area contributed by atoms with Crippen molar-refractivity contribution in [1.29, 1.82) is 0 Å². The van der Waals surface area contributed by atoms with E-state index in [9.17, 15) is 4.79 Å². The second-order valence-electron chi connectivity index (χ2n) is 4.62. The number of anilines is 2. The molecular formula is C13H16N6O. The minimum Gasteiger partial charge on any atom is -0.382 e. The Balaban J connectivity index is 1.76. The number of hydrogen-bond acceptors (Lipinski definition) is 5. The number of fused-ring (bicyclic) bond motifs is 1. The van der Waals surface area contributed by atoms with Gasteiger partial charge in [-0.05, 0) is 12.1 Å². The van der Waals surface area contributed by atoms with E-state index in [-0.39, 0.29) is 5.91 Å². The number of amides is 1. The van der Waals surface area contributed by atoms with E-state index in [1.165, 1.54) is 0 Å². The SMILES string of the molecule is Cn1cnnc1CNC(=O)c1cccc2c1NCCN2. The third-order valence-electron chi connectivity index (χ3n) is 3.26. The number of nitrogens with one attached hydrogen (secondary N) is 3. The number of carbonyl (C=O) groups excluding carboxylic acids is 1. The van der Waals surface area contributed by atoms with Crippen molar-refractivity contribution in [3.05, 3.63) is 35.9 Å². The van der Waals surface area contributed by atoms with Gasteiger partial charge in [0.25, 0.3) is 5.91 Å². The number of carbonyl (C=O) groups is 1. The average molecular weight is 272 g/mol. The van der Waals surface area contributed by atoms with Crippen molar-refractivity contribution in [1.82, 2.24) is 20.1 Å². The van der Waals surface area contributed by atoms with Gasteiger partial charge in [0.1, 0.15) is 6.33 Å². The Morgan fingerprint density at radius 1 is 1.40 bits per heavy atom. The first kappa shape index (κ1) is 12.5. The van der Waals surface area contributed by atoms with E-state index < -0.39 is 0 Å². The lowest BCUT2D eigenvalue weighted by Gasteiger charge is -2.22. The van der Waals surface area contributed by atoms with Crippen LogP contribution in [0.15, 0.2) is 24.5 Å². The van der Waals surface area contributed by atoms with E-state index >= 15 is 0 Å². The molecule has 7 heteroatoms. The fourth-order valence-electron chi connectivity index (χ4n) is 2.19. The molecule has 0 fully saturated rings. The summed E-state index contributed by atoms with van der Waals surface area (Å²) in [4.78, 5) is 12.3. The predicted octanol–water partition coefficient (Wildman–Crippen LogP) is 0.582. The van der Waals surface area contributed by atoms with Crippen LogP contribution in [0.25, 0.3) is 0 Å².